The van der Waals surface area contributed by atoms with Gasteiger partial charge in [0.1, 0.15) is 0 Å². The fraction of sp³-hybridized carbons (Fsp3) is 1.00. The van der Waals surface area contributed by atoms with E-state index in [9.17, 15) is 0 Å². The quantitative estimate of drug-likeness (QED) is 0.637. The molecule has 0 unspecified atom stereocenters. The van der Waals surface area contributed by atoms with E-state index in [1.807, 2.05) is 0 Å². The predicted octanol–water partition coefficient (Wildman–Crippen LogP) is 0.337. The highest BCUT2D eigenvalue weighted by Crippen LogP contribution is 2.02. The SMILES string of the molecule is CCCN1CCN(C)N(C)N(C)CC1. The Morgan fingerprint density at radius 1 is 0.857 bits per heavy atom. The summed E-state index contributed by atoms with van der Waals surface area (Å²) in [6.07, 6.45) is 1.25. The van der Waals surface area contributed by atoms with Gasteiger partial charge in [0.2, 0.25) is 0 Å². The molecule has 84 valence electrons. The molecule has 0 spiro atoms. The molecular weight excluding hydrogens is 176 g/mol. The molecule has 0 atom stereocenters. The summed E-state index contributed by atoms with van der Waals surface area (Å²) in [6, 6.07) is 0. The Labute approximate surface area is 88.0 Å². The second-order valence-corrected chi connectivity index (χ2v) is 4.09. The predicted molar refractivity (Wildman–Crippen MR) is 59.8 cm³/mol. The van der Waals surface area contributed by atoms with Gasteiger partial charge in [-0.2, -0.15) is 5.12 Å². The van der Waals surface area contributed by atoms with E-state index < -0.39 is 0 Å². The molecule has 1 heterocycles. The fourth-order valence-corrected chi connectivity index (χ4v) is 1.77. The van der Waals surface area contributed by atoms with Gasteiger partial charge in [-0.05, 0) is 13.0 Å². The van der Waals surface area contributed by atoms with Crippen LogP contribution in [0.2, 0.25) is 0 Å². The lowest BCUT2D eigenvalue weighted by Crippen LogP contribution is -2.54. The van der Waals surface area contributed by atoms with Crippen molar-refractivity contribution in [2.45, 2.75) is 13.3 Å². The van der Waals surface area contributed by atoms with Crippen LogP contribution in [0.15, 0.2) is 0 Å². The van der Waals surface area contributed by atoms with Gasteiger partial charge in [-0.1, -0.05) is 6.92 Å². The molecule has 1 rings (SSSR count). The molecule has 0 aliphatic carbocycles. The summed E-state index contributed by atoms with van der Waals surface area (Å²) >= 11 is 0. The molecule has 14 heavy (non-hydrogen) atoms. The van der Waals surface area contributed by atoms with Crippen LogP contribution in [0.3, 0.4) is 0 Å². The standard InChI is InChI=1S/C10H24N4/c1-5-6-14-9-7-11(2)13(4)12(3)8-10-14/h5-10H2,1-4H3. The van der Waals surface area contributed by atoms with Gasteiger partial charge in [-0.3, -0.25) is 0 Å². The monoisotopic (exact) mass is 200 g/mol. The van der Waals surface area contributed by atoms with Crippen molar-refractivity contribution in [3.63, 3.8) is 0 Å². The highest BCUT2D eigenvalue weighted by atomic mass is 15.8. The largest absolute Gasteiger partial charge is 0.301 e. The van der Waals surface area contributed by atoms with E-state index in [4.69, 9.17) is 0 Å². The maximum Gasteiger partial charge on any atom is 0.0271 e. The Hall–Kier alpha value is -0.160. The molecule has 0 bridgehead atoms. The van der Waals surface area contributed by atoms with Crippen molar-refractivity contribution in [2.75, 3.05) is 53.9 Å². The van der Waals surface area contributed by atoms with Crippen LogP contribution in [-0.4, -0.2) is 73.9 Å². The lowest BCUT2D eigenvalue weighted by Gasteiger charge is -2.40. The Balaban J connectivity index is 2.45. The van der Waals surface area contributed by atoms with Crippen molar-refractivity contribution in [1.82, 2.24) is 20.0 Å². The summed E-state index contributed by atoms with van der Waals surface area (Å²) in [6.45, 7) is 8.07. The van der Waals surface area contributed by atoms with E-state index in [2.05, 4.69) is 48.1 Å². The first-order valence-corrected chi connectivity index (χ1v) is 5.53. The number of hydrogen-bond acceptors (Lipinski definition) is 4. The third kappa shape index (κ3) is 3.20. The first-order chi connectivity index (χ1) is 6.65. The normalized spacial score (nSPS) is 24.9. The van der Waals surface area contributed by atoms with Crippen LogP contribution in [-0.2, 0) is 0 Å². The molecule has 1 aliphatic rings. The third-order valence-electron chi connectivity index (χ3n) is 3.01. The van der Waals surface area contributed by atoms with Crippen molar-refractivity contribution < 1.29 is 0 Å². The van der Waals surface area contributed by atoms with Crippen molar-refractivity contribution in [1.29, 1.82) is 0 Å². The van der Waals surface area contributed by atoms with E-state index >= 15 is 0 Å². The van der Waals surface area contributed by atoms with Crippen molar-refractivity contribution in [3.05, 3.63) is 0 Å². The summed E-state index contributed by atoms with van der Waals surface area (Å²) in [5.74, 6) is 0. The van der Waals surface area contributed by atoms with Crippen LogP contribution < -0.4 is 0 Å². The van der Waals surface area contributed by atoms with Crippen LogP contribution in [0.25, 0.3) is 0 Å². The van der Waals surface area contributed by atoms with Crippen molar-refractivity contribution in [3.8, 4) is 0 Å². The summed E-state index contributed by atoms with van der Waals surface area (Å²) in [5, 5.41) is 6.73. The second kappa shape index (κ2) is 5.66. The second-order valence-electron chi connectivity index (χ2n) is 4.09. The zero-order chi connectivity index (χ0) is 10.6. The molecule has 0 aromatic carbocycles. The minimum atomic E-state index is 1.11. The average Bonchev–Trinajstić information content (AvgIpc) is 2.18. The molecule has 0 N–H and O–H groups in total. The summed E-state index contributed by atoms with van der Waals surface area (Å²) in [5.41, 5.74) is 0. The van der Waals surface area contributed by atoms with Gasteiger partial charge in [0, 0.05) is 47.3 Å². The van der Waals surface area contributed by atoms with Crippen LogP contribution in [0, 0.1) is 0 Å². The molecule has 0 aromatic heterocycles. The Morgan fingerprint density at radius 3 is 1.79 bits per heavy atom. The Bertz CT molecular complexity index is 148. The van der Waals surface area contributed by atoms with Gasteiger partial charge in [0.05, 0.1) is 0 Å². The molecule has 1 fully saturated rings. The van der Waals surface area contributed by atoms with E-state index in [-0.39, 0.29) is 0 Å². The Morgan fingerprint density at radius 2 is 1.36 bits per heavy atom. The van der Waals surface area contributed by atoms with E-state index in [0.717, 1.165) is 13.1 Å². The van der Waals surface area contributed by atoms with Crippen LogP contribution in [0.5, 0.6) is 0 Å². The van der Waals surface area contributed by atoms with E-state index in [1.54, 1.807) is 0 Å². The lowest BCUT2D eigenvalue weighted by molar-refractivity contribution is -0.152. The number of likely N-dealkylation sites (N-methyl/N-ethyl adjacent to an activating group) is 2. The first kappa shape index (κ1) is 11.9. The van der Waals surface area contributed by atoms with Crippen LogP contribution in [0.4, 0.5) is 0 Å². The van der Waals surface area contributed by atoms with Gasteiger partial charge >= 0.3 is 0 Å². The number of rotatable bonds is 2. The van der Waals surface area contributed by atoms with Crippen LogP contribution >= 0.6 is 0 Å². The molecular formula is C10H24N4. The molecule has 0 radical (unpaired) electrons. The minimum absolute atomic E-state index is 1.11. The maximum atomic E-state index is 2.54. The fourth-order valence-electron chi connectivity index (χ4n) is 1.77. The molecule has 0 saturated carbocycles. The molecule has 1 saturated heterocycles. The zero-order valence-electron chi connectivity index (χ0n) is 10.0. The number of hydrogen-bond donors (Lipinski definition) is 0. The van der Waals surface area contributed by atoms with Gasteiger partial charge in [-0.15, -0.1) is 0 Å². The van der Waals surface area contributed by atoms with Crippen LogP contribution in [0.1, 0.15) is 13.3 Å². The van der Waals surface area contributed by atoms with Gasteiger partial charge in [-0.25, -0.2) is 10.0 Å². The average molecular weight is 200 g/mol. The molecule has 4 heteroatoms. The molecule has 0 amide bonds. The van der Waals surface area contributed by atoms with E-state index in [1.165, 1.54) is 26.1 Å². The molecule has 0 aromatic rings. The summed E-state index contributed by atoms with van der Waals surface area (Å²) in [4.78, 5) is 2.54. The van der Waals surface area contributed by atoms with Crippen molar-refractivity contribution in [2.24, 2.45) is 0 Å². The minimum Gasteiger partial charge on any atom is -0.301 e. The van der Waals surface area contributed by atoms with Crippen molar-refractivity contribution >= 4 is 0 Å². The lowest BCUT2D eigenvalue weighted by atomic mass is 10.3. The zero-order valence-corrected chi connectivity index (χ0v) is 10.0. The van der Waals surface area contributed by atoms with Gasteiger partial charge in [0.25, 0.3) is 0 Å². The third-order valence-corrected chi connectivity index (χ3v) is 3.01. The summed E-state index contributed by atoms with van der Waals surface area (Å²) < 4.78 is 0. The highest BCUT2D eigenvalue weighted by Gasteiger charge is 2.17. The topological polar surface area (TPSA) is 13.0 Å². The molecule has 4 nitrogen and oxygen atoms in total. The molecule has 1 aliphatic heterocycles. The summed E-state index contributed by atoms with van der Waals surface area (Å²) in [7, 11) is 6.41. The number of hydrazine groups is 2. The first-order valence-electron chi connectivity index (χ1n) is 5.53. The smallest absolute Gasteiger partial charge is 0.0271 e. The maximum absolute atomic E-state index is 2.54. The number of nitrogens with zero attached hydrogens (tertiary/aromatic N) is 4. The highest BCUT2D eigenvalue weighted by molar-refractivity contribution is 4.64. The van der Waals surface area contributed by atoms with Gasteiger partial charge < -0.3 is 4.90 Å². The van der Waals surface area contributed by atoms with Gasteiger partial charge in [0.15, 0.2) is 0 Å². The van der Waals surface area contributed by atoms with E-state index in [0.29, 0.717) is 0 Å². The Kier molecular flexibility index (Phi) is 4.81.